The molecule has 28 heavy (non-hydrogen) atoms. The number of hydrogen-bond acceptors (Lipinski definition) is 8. The Balaban J connectivity index is 1.45. The summed E-state index contributed by atoms with van der Waals surface area (Å²) in [7, 11) is 1.29. The number of nitrogens with zero attached hydrogens (tertiary/aromatic N) is 4. The van der Waals surface area contributed by atoms with Gasteiger partial charge in [-0.05, 0) is 24.3 Å². The molecule has 0 saturated heterocycles. The Hall–Kier alpha value is -3.33. The minimum Gasteiger partial charge on any atom is -0.464 e. The molecule has 142 valence electrons. The molecule has 0 saturated carbocycles. The van der Waals surface area contributed by atoms with Crippen molar-refractivity contribution in [2.75, 3.05) is 19.0 Å². The summed E-state index contributed by atoms with van der Waals surface area (Å²) in [4.78, 5) is 31.6. The van der Waals surface area contributed by atoms with Gasteiger partial charge in [0.05, 0.1) is 19.3 Å². The van der Waals surface area contributed by atoms with Crippen molar-refractivity contribution in [2.45, 2.75) is 13.0 Å². The number of methoxy groups -OCH3 is 1. The lowest BCUT2D eigenvalue weighted by atomic mass is 10.1. The molecular formula is C19H17N5O3S. The normalized spacial score (nSPS) is 13.0. The first kappa shape index (κ1) is 18.1. The maximum atomic E-state index is 12.7. The van der Waals surface area contributed by atoms with Gasteiger partial charge in [-0.1, -0.05) is 29.5 Å². The lowest BCUT2D eigenvalue weighted by molar-refractivity contribution is 0.0592. The quantitative estimate of drug-likeness (QED) is 0.678. The van der Waals surface area contributed by atoms with Gasteiger partial charge in [0.15, 0.2) is 16.6 Å². The van der Waals surface area contributed by atoms with Crippen LogP contribution in [0.1, 0.15) is 31.4 Å². The first-order valence-electron chi connectivity index (χ1n) is 8.66. The molecule has 2 aromatic heterocycles. The number of aromatic nitrogens is 3. The molecule has 0 spiro atoms. The van der Waals surface area contributed by atoms with Gasteiger partial charge in [-0.25, -0.2) is 9.78 Å². The van der Waals surface area contributed by atoms with E-state index in [2.05, 4.69) is 25.2 Å². The van der Waals surface area contributed by atoms with E-state index in [9.17, 15) is 9.59 Å². The highest BCUT2D eigenvalue weighted by Crippen LogP contribution is 2.30. The summed E-state index contributed by atoms with van der Waals surface area (Å²) < 4.78 is 4.61. The smallest absolute Gasteiger partial charge is 0.358 e. The number of carbonyl (C=O) groups excluding carboxylic acids is 2. The van der Waals surface area contributed by atoms with Crippen LogP contribution in [0, 0.1) is 0 Å². The van der Waals surface area contributed by atoms with Gasteiger partial charge >= 0.3 is 5.97 Å². The van der Waals surface area contributed by atoms with Crippen LogP contribution < -0.4 is 5.32 Å². The molecule has 3 aromatic rings. The topological polar surface area (TPSA) is 97.3 Å². The van der Waals surface area contributed by atoms with E-state index in [1.165, 1.54) is 24.5 Å². The zero-order valence-corrected chi connectivity index (χ0v) is 15.9. The Kier molecular flexibility index (Phi) is 4.98. The van der Waals surface area contributed by atoms with Crippen LogP contribution in [0.5, 0.6) is 0 Å². The molecule has 0 unspecified atom stereocenters. The van der Waals surface area contributed by atoms with E-state index in [4.69, 9.17) is 0 Å². The van der Waals surface area contributed by atoms with E-state index < -0.39 is 5.97 Å². The number of fused-ring (bicyclic) bond motifs is 1. The number of thiazole rings is 1. The number of rotatable bonds is 4. The monoisotopic (exact) mass is 395 g/mol. The highest BCUT2D eigenvalue weighted by Gasteiger charge is 2.25. The van der Waals surface area contributed by atoms with Gasteiger partial charge in [0, 0.05) is 23.4 Å². The first-order valence-corrected chi connectivity index (χ1v) is 9.47. The molecule has 0 fully saturated rings. The van der Waals surface area contributed by atoms with Crippen molar-refractivity contribution in [3.63, 3.8) is 0 Å². The molecule has 1 aromatic carbocycles. The van der Waals surface area contributed by atoms with Crippen molar-refractivity contribution in [3.05, 3.63) is 64.3 Å². The van der Waals surface area contributed by atoms with Gasteiger partial charge < -0.3 is 15.0 Å². The second-order valence-corrected chi connectivity index (χ2v) is 7.24. The van der Waals surface area contributed by atoms with Gasteiger partial charge in [-0.3, -0.25) is 4.79 Å². The standard InChI is InChI=1S/C19H17N5O3S/c1-27-18(26)14-7-8-16(23-22-14)21-19-20-13-9-10-24(11-15(13)28-19)17(25)12-5-3-2-4-6-12/h2-8H,9-11H2,1H3,(H,20,21,23). The van der Waals surface area contributed by atoms with Crippen molar-refractivity contribution in [1.29, 1.82) is 0 Å². The second kappa shape index (κ2) is 7.73. The van der Waals surface area contributed by atoms with E-state index in [1.54, 1.807) is 6.07 Å². The predicted octanol–water partition coefficient (Wildman–Crippen LogP) is 2.66. The molecule has 1 aliphatic heterocycles. The Bertz CT molecular complexity index is 1000. The number of benzene rings is 1. The molecule has 8 nitrogen and oxygen atoms in total. The molecule has 0 atom stereocenters. The Morgan fingerprint density at radius 3 is 2.68 bits per heavy atom. The molecular weight excluding hydrogens is 378 g/mol. The summed E-state index contributed by atoms with van der Waals surface area (Å²) in [5.74, 6) is -0.0265. The number of hydrogen-bond donors (Lipinski definition) is 1. The molecule has 1 amide bonds. The maximum absolute atomic E-state index is 12.7. The molecule has 0 bridgehead atoms. The predicted molar refractivity (Wildman–Crippen MR) is 104 cm³/mol. The Labute approximate surface area is 165 Å². The van der Waals surface area contributed by atoms with Crippen molar-refractivity contribution in [2.24, 2.45) is 0 Å². The number of carbonyl (C=O) groups is 2. The summed E-state index contributed by atoms with van der Waals surface area (Å²) >= 11 is 1.49. The second-order valence-electron chi connectivity index (χ2n) is 6.15. The number of esters is 1. The van der Waals surface area contributed by atoms with E-state index in [-0.39, 0.29) is 11.6 Å². The summed E-state index contributed by atoms with van der Waals surface area (Å²) in [6, 6.07) is 12.5. The zero-order valence-electron chi connectivity index (χ0n) is 15.1. The van der Waals surface area contributed by atoms with E-state index >= 15 is 0 Å². The number of ether oxygens (including phenoxy) is 1. The molecule has 1 aliphatic rings. The third-order valence-electron chi connectivity index (χ3n) is 4.33. The van der Waals surface area contributed by atoms with Crippen molar-refractivity contribution >= 4 is 34.2 Å². The molecule has 1 N–H and O–H groups in total. The van der Waals surface area contributed by atoms with Crippen molar-refractivity contribution in [3.8, 4) is 0 Å². The van der Waals surface area contributed by atoms with Crippen LogP contribution in [0.3, 0.4) is 0 Å². The van der Waals surface area contributed by atoms with Gasteiger partial charge in [0.2, 0.25) is 0 Å². The molecule has 0 aliphatic carbocycles. The molecule has 9 heteroatoms. The van der Waals surface area contributed by atoms with Gasteiger partial charge in [-0.2, -0.15) is 0 Å². The highest BCUT2D eigenvalue weighted by molar-refractivity contribution is 7.15. The molecule has 3 heterocycles. The summed E-state index contributed by atoms with van der Waals surface area (Å²) in [5, 5.41) is 11.6. The Morgan fingerprint density at radius 2 is 1.96 bits per heavy atom. The Morgan fingerprint density at radius 1 is 1.14 bits per heavy atom. The molecule has 4 rings (SSSR count). The van der Waals surface area contributed by atoms with E-state index in [0.29, 0.717) is 36.0 Å². The third-order valence-corrected chi connectivity index (χ3v) is 5.33. The lowest BCUT2D eigenvalue weighted by Crippen LogP contribution is -2.35. The first-order chi connectivity index (χ1) is 13.6. The average molecular weight is 395 g/mol. The van der Waals surface area contributed by atoms with Crippen LogP contribution in [0.15, 0.2) is 42.5 Å². The fourth-order valence-electron chi connectivity index (χ4n) is 2.91. The number of amides is 1. The van der Waals surface area contributed by atoms with Crippen LogP contribution in [-0.2, 0) is 17.7 Å². The van der Waals surface area contributed by atoms with Crippen LogP contribution in [0.2, 0.25) is 0 Å². The fraction of sp³-hybridized carbons (Fsp3) is 0.211. The number of anilines is 2. The third kappa shape index (κ3) is 3.70. The summed E-state index contributed by atoms with van der Waals surface area (Å²) in [6.45, 7) is 1.17. The van der Waals surface area contributed by atoms with Crippen molar-refractivity contribution < 1.29 is 14.3 Å². The van der Waals surface area contributed by atoms with Gasteiger partial charge in [-0.15, -0.1) is 10.2 Å². The van der Waals surface area contributed by atoms with Gasteiger partial charge in [0.1, 0.15) is 0 Å². The fourth-order valence-corrected chi connectivity index (χ4v) is 3.94. The summed E-state index contributed by atoms with van der Waals surface area (Å²) in [5.41, 5.74) is 1.82. The van der Waals surface area contributed by atoms with E-state index in [1.807, 2.05) is 35.2 Å². The van der Waals surface area contributed by atoms with Crippen LogP contribution in [0.4, 0.5) is 10.9 Å². The SMILES string of the molecule is COC(=O)c1ccc(Nc2nc3c(s2)CN(C(=O)c2ccccc2)CC3)nn1. The van der Waals surface area contributed by atoms with Crippen LogP contribution in [0.25, 0.3) is 0 Å². The maximum Gasteiger partial charge on any atom is 0.358 e. The van der Waals surface area contributed by atoms with Gasteiger partial charge in [0.25, 0.3) is 5.91 Å². The largest absolute Gasteiger partial charge is 0.464 e. The average Bonchev–Trinajstić information content (AvgIpc) is 3.15. The van der Waals surface area contributed by atoms with Crippen LogP contribution in [-0.4, -0.2) is 45.6 Å². The van der Waals surface area contributed by atoms with Crippen LogP contribution >= 0.6 is 11.3 Å². The lowest BCUT2D eigenvalue weighted by Gasteiger charge is -2.26. The van der Waals surface area contributed by atoms with E-state index in [0.717, 1.165) is 10.6 Å². The number of nitrogens with one attached hydrogen (secondary N) is 1. The highest BCUT2D eigenvalue weighted by atomic mass is 32.1. The molecule has 0 radical (unpaired) electrons. The summed E-state index contributed by atoms with van der Waals surface area (Å²) in [6.07, 6.45) is 0.707. The minimum absolute atomic E-state index is 0.0263. The van der Waals surface area contributed by atoms with Crippen molar-refractivity contribution in [1.82, 2.24) is 20.1 Å². The minimum atomic E-state index is -0.535. The zero-order chi connectivity index (χ0) is 19.5.